The Morgan fingerprint density at radius 1 is 1.03 bits per heavy atom. The molecule has 31 heavy (non-hydrogen) atoms. The van der Waals surface area contributed by atoms with E-state index in [9.17, 15) is 13.2 Å². The van der Waals surface area contributed by atoms with E-state index in [1.165, 1.54) is 22.0 Å². The minimum Gasteiger partial charge on any atom is -0.323 e. The number of piperazine rings is 1. The highest BCUT2D eigenvalue weighted by Crippen LogP contribution is 2.20. The summed E-state index contributed by atoms with van der Waals surface area (Å²) in [6.45, 7) is 8.89. The van der Waals surface area contributed by atoms with Crippen LogP contribution in [0.15, 0.2) is 66.1 Å². The maximum atomic E-state index is 12.9. The van der Waals surface area contributed by atoms with E-state index in [-0.39, 0.29) is 17.3 Å². The summed E-state index contributed by atoms with van der Waals surface area (Å²) < 4.78 is 27.1. The number of amides is 1. The summed E-state index contributed by atoms with van der Waals surface area (Å²) in [7, 11) is 0.0765. The number of anilines is 1. The van der Waals surface area contributed by atoms with Gasteiger partial charge in [-0.2, -0.15) is 4.31 Å². The first-order valence-electron chi connectivity index (χ1n) is 10.3. The average molecular weight is 443 g/mol. The van der Waals surface area contributed by atoms with E-state index < -0.39 is 10.0 Å². The van der Waals surface area contributed by atoms with E-state index in [1.54, 1.807) is 19.2 Å². The van der Waals surface area contributed by atoms with Crippen molar-refractivity contribution in [2.45, 2.75) is 18.0 Å². The van der Waals surface area contributed by atoms with Crippen LogP contribution in [0.25, 0.3) is 0 Å². The molecule has 7 nitrogen and oxygen atoms in total. The molecule has 2 aromatic rings. The smallest absolute Gasteiger partial charge is 0.247 e. The van der Waals surface area contributed by atoms with Crippen molar-refractivity contribution in [3.8, 4) is 0 Å². The van der Waals surface area contributed by atoms with Crippen molar-refractivity contribution >= 4 is 21.6 Å². The number of carbonyl (C=O) groups excluding carboxylic acids is 1. The van der Waals surface area contributed by atoms with Gasteiger partial charge in [0.25, 0.3) is 0 Å². The number of nitrogens with one attached hydrogen (secondary N) is 1. The Morgan fingerprint density at radius 3 is 2.19 bits per heavy atom. The van der Waals surface area contributed by atoms with Crippen LogP contribution in [0, 0.1) is 0 Å². The van der Waals surface area contributed by atoms with Crippen LogP contribution in [-0.4, -0.2) is 68.7 Å². The third kappa shape index (κ3) is 6.24. The molecule has 1 fully saturated rings. The summed E-state index contributed by atoms with van der Waals surface area (Å²) in [5.41, 5.74) is 2.68. The molecule has 1 amide bonds. The molecule has 2 aromatic carbocycles. The highest BCUT2D eigenvalue weighted by molar-refractivity contribution is 7.89. The largest absolute Gasteiger partial charge is 0.323 e. The van der Waals surface area contributed by atoms with Crippen molar-refractivity contribution in [2.24, 2.45) is 0 Å². The number of carbonyl (C=O) groups is 1. The average Bonchev–Trinajstić information content (AvgIpc) is 2.77. The summed E-state index contributed by atoms with van der Waals surface area (Å²) in [5.74, 6) is -0.344. The predicted octanol–water partition coefficient (Wildman–Crippen LogP) is 2.38. The number of rotatable bonds is 8. The zero-order chi connectivity index (χ0) is 22.4. The van der Waals surface area contributed by atoms with E-state index in [4.69, 9.17) is 0 Å². The van der Waals surface area contributed by atoms with Crippen LogP contribution in [0.5, 0.6) is 0 Å². The van der Waals surface area contributed by atoms with Crippen molar-refractivity contribution < 1.29 is 13.2 Å². The summed E-state index contributed by atoms with van der Waals surface area (Å²) in [6.07, 6.45) is 1.16. The molecule has 0 atom stereocenters. The molecule has 1 aliphatic heterocycles. The first-order chi connectivity index (χ1) is 14.8. The zero-order valence-corrected chi connectivity index (χ0v) is 18.9. The fourth-order valence-electron chi connectivity index (χ4n) is 3.44. The topological polar surface area (TPSA) is 73.0 Å². The van der Waals surface area contributed by atoms with Gasteiger partial charge < -0.3 is 10.2 Å². The third-order valence-electron chi connectivity index (χ3n) is 5.45. The second-order valence-electron chi connectivity index (χ2n) is 7.87. The van der Waals surface area contributed by atoms with Gasteiger partial charge in [-0.15, -0.1) is 0 Å². The Bertz CT molecular complexity index is 996. The number of nitrogens with zero attached hydrogens (tertiary/aromatic N) is 3. The molecule has 1 saturated heterocycles. The molecule has 0 spiro atoms. The van der Waals surface area contributed by atoms with Gasteiger partial charge in [0.15, 0.2) is 0 Å². The van der Waals surface area contributed by atoms with Crippen LogP contribution in [0.4, 0.5) is 5.69 Å². The van der Waals surface area contributed by atoms with Gasteiger partial charge in [0.2, 0.25) is 15.9 Å². The Balaban J connectivity index is 1.60. The fourth-order valence-corrected chi connectivity index (χ4v) is 4.60. The lowest BCUT2D eigenvalue weighted by Crippen LogP contribution is -2.43. The van der Waals surface area contributed by atoms with Crippen LogP contribution in [0.2, 0.25) is 0 Å². The molecule has 166 valence electrons. The lowest BCUT2D eigenvalue weighted by molar-refractivity contribution is -0.111. The first kappa shape index (κ1) is 23.1. The van der Waals surface area contributed by atoms with E-state index in [1.807, 2.05) is 12.1 Å². The molecular weight excluding hydrogens is 412 g/mol. The molecule has 1 heterocycles. The van der Waals surface area contributed by atoms with Crippen molar-refractivity contribution in [3.63, 3.8) is 0 Å². The van der Waals surface area contributed by atoms with E-state index in [0.29, 0.717) is 5.69 Å². The maximum Gasteiger partial charge on any atom is 0.247 e. The van der Waals surface area contributed by atoms with Crippen LogP contribution in [0.1, 0.15) is 11.1 Å². The van der Waals surface area contributed by atoms with Crippen LogP contribution in [-0.2, 0) is 27.9 Å². The second-order valence-corrected chi connectivity index (χ2v) is 9.92. The molecule has 0 radical (unpaired) electrons. The predicted molar refractivity (Wildman–Crippen MR) is 123 cm³/mol. The first-order valence-corrected chi connectivity index (χ1v) is 11.7. The summed E-state index contributed by atoms with van der Waals surface area (Å²) in [4.78, 5) is 16.3. The number of likely N-dealkylation sites (N-methyl/N-ethyl adjacent to an activating group) is 1. The van der Waals surface area contributed by atoms with Gasteiger partial charge in [-0.3, -0.25) is 9.69 Å². The Morgan fingerprint density at radius 2 is 1.61 bits per heavy atom. The van der Waals surface area contributed by atoms with Gasteiger partial charge in [-0.05, 0) is 48.5 Å². The maximum absolute atomic E-state index is 12.9. The molecule has 0 unspecified atom stereocenters. The van der Waals surface area contributed by atoms with Crippen molar-refractivity contribution in [1.82, 2.24) is 14.1 Å². The van der Waals surface area contributed by atoms with Crippen molar-refractivity contribution in [2.75, 3.05) is 45.6 Å². The molecule has 8 heteroatoms. The third-order valence-corrected chi connectivity index (χ3v) is 7.26. The molecule has 0 aliphatic carbocycles. The Kier molecular flexibility index (Phi) is 7.61. The minimum atomic E-state index is -3.64. The fraction of sp³-hybridized carbons (Fsp3) is 0.348. The summed E-state index contributed by atoms with van der Waals surface area (Å²) in [5, 5.41) is 2.60. The number of sulfonamides is 1. The van der Waals surface area contributed by atoms with Gasteiger partial charge in [0.1, 0.15) is 0 Å². The van der Waals surface area contributed by atoms with Crippen molar-refractivity contribution in [1.29, 1.82) is 0 Å². The van der Waals surface area contributed by atoms with Gasteiger partial charge in [0.05, 0.1) is 4.90 Å². The highest BCUT2D eigenvalue weighted by Gasteiger charge is 2.21. The van der Waals surface area contributed by atoms with Crippen LogP contribution in [0.3, 0.4) is 0 Å². The molecule has 3 rings (SSSR count). The quantitative estimate of drug-likeness (QED) is 0.636. The van der Waals surface area contributed by atoms with Crippen LogP contribution >= 0.6 is 0 Å². The summed E-state index contributed by atoms with van der Waals surface area (Å²) in [6, 6.07) is 14.2. The molecule has 1 aliphatic rings. The minimum absolute atomic E-state index is 0.179. The Labute approximate surface area is 185 Å². The lowest BCUT2D eigenvalue weighted by Gasteiger charge is -2.32. The SMILES string of the molecule is C=CC(=O)Nc1ccc(S(=O)(=O)N(C)Cc2ccc(CN3CCN(C)CC3)cc2)cc1. The van der Waals surface area contributed by atoms with Gasteiger partial charge in [0, 0.05) is 52.0 Å². The summed E-state index contributed by atoms with van der Waals surface area (Å²) >= 11 is 0. The van der Waals surface area contributed by atoms with Gasteiger partial charge in [-0.25, -0.2) is 8.42 Å². The van der Waals surface area contributed by atoms with Gasteiger partial charge >= 0.3 is 0 Å². The van der Waals surface area contributed by atoms with Crippen LogP contribution < -0.4 is 5.32 Å². The lowest BCUT2D eigenvalue weighted by atomic mass is 10.1. The molecule has 0 saturated carbocycles. The molecule has 0 aromatic heterocycles. The monoisotopic (exact) mass is 442 g/mol. The van der Waals surface area contributed by atoms with Crippen molar-refractivity contribution in [3.05, 3.63) is 72.3 Å². The zero-order valence-electron chi connectivity index (χ0n) is 18.1. The normalized spacial score (nSPS) is 15.7. The second kappa shape index (κ2) is 10.2. The van der Waals surface area contributed by atoms with E-state index >= 15 is 0 Å². The van der Waals surface area contributed by atoms with Gasteiger partial charge in [-0.1, -0.05) is 30.8 Å². The standard InChI is InChI=1S/C23H30N4O3S/c1-4-23(28)24-21-9-11-22(12-10-21)31(29,30)26(3)17-19-5-7-20(8-6-19)18-27-15-13-25(2)14-16-27/h4-12H,1,13-18H2,2-3H3,(H,24,28). The van der Waals surface area contributed by atoms with E-state index in [0.717, 1.165) is 44.4 Å². The number of benzene rings is 2. The number of hydrogen-bond donors (Lipinski definition) is 1. The van der Waals surface area contributed by atoms with E-state index in [2.05, 4.69) is 40.9 Å². The Hall–Kier alpha value is -2.52. The highest BCUT2D eigenvalue weighted by atomic mass is 32.2. The molecular formula is C23H30N4O3S. The molecule has 0 bridgehead atoms. The number of hydrogen-bond acceptors (Lipinski definition) is 5. The molecule has 1 N–H and O–H groups in total.